The molecule has 3 aromatic rings. The van der Waals surface area contributed by atoms with E-state index in [0.717, 1.165) is 22.5 Å². The van der Waals surface area contributed by atoms with Crippen molar-refractivity contribution >= 4 is 11.7 Å². The van der Waals surface area contributed by atoms with Gasteiger partial charge < -0.3 is 24.4 Å². The van der Waals surface area contributed by atoms with Crippen LogP contribution in [0.2, 0.25) is 0 Å². The number of urea groups is 1. The van der Waals surface area contributed by atoms with Gasteiger partial charge in [0.2, 0.25) is 0 Å². The molecule has 2 heterocycles. The topological polar surface area (TPSA) is 77.9 Å². The zero-order valence-electron chi connectivity index (χ0n) is 18.9. The number of carbonyl (C=O) groups excluding carboxylic acids is 1. The number of halogens is 1. The highest BCUT2D eigenvalue weighted by atomic mass is 19.1. The summed E-state index contributed by atoms with van der Waals surface area (Å²) in [5, 5.41) is 7.51. The van der Waals surface area contributed by atoms with Gasteiger partial charge in [-0.1, -0.05) is 12.1 Å². The van der Waals surface area contributed by atoms with Gasteiger partial charge in [0, 0.05) is 55.2 Å². The highest BCUT2D eigenvalue weighted by molar-refractivity contribution is 5.90. The van der Waals surface area contributed by atoms with Gasteiger partial charge in [-0.25, -0.2) is 9.18 Å². The van der Waals surface area contributed by atoms with Crippen molar-refractivity contribution in [2.45, 2.75) is 26.2 Å². The molecule has 0 spiro atoms. The Hall–Kier alpha value is -3.59. The molecule has 0 fully saturated rings. The molecule has 0 aliphatic carbocycles. The number of fused-ring (bicyclic) bond motifs is 1. The number of aromatic nitrogens is 2. The largest absolute Gasteiger partial charge is 0.497 e. The number of nitrogens with one attached hydrogen (secondary N) is 1. The number of benzene rings is 2. The number of nitrogens with zero attached hydrogens (tertiary/aromatic N) is 3. The van der Waals surface area contributed by atoms with E-state index in [2.05, 4.69) is 10.4 Å². The lowest BCUT2D eigenvalue weighted by molar-refractivity contribution is 0.103. The fourth-order valence-corrected chi connectivity index (χ4v) is 3.93. The van der Waals surface area contributed by atoms with Crippen molar-refractivity contribution in [1.82, 2.24) is 14.7 Å². The standard InChI is InChI=1S/C24H27FN4O4/c1-28-23-7-8-29(24(30)26-18-10-19(31-2)12-20(11-18)32-3)13-21(23)22(27-28)15-33-14-16-5-4-6-17(25)9-16/h4-6,9-12H,7-8,13-15H2,1-3H3,(H,26,30). The second-order valence-electron chi connectivity index (χ2n) is 7.82. The molecule has 1 aliphatic heterocycles. The summed E-state index contributed by atoms with van der Waals surface area (Å²) >= 11 is 0. The van der Waals surface area contributed by atoms with Gasteiger partial charge in [-0.05, 0) is 17.7 Å². The van der Waals surface area contributed by atoms with E-state index in [4.69, 9.17) is 14.2 Å². The van der Waals surface area contributed by atoms with Crippen LogP contribution in [0.1, 0.15) is 22.5 Å². The lowest BCUT2D eigenvalue weighted by Gasteiger charge is -2.28. The molecule has 0 unspecified atom stereocenters. The van der Waals surface area contributed by atoms with E-state index in [0.29, 0.717) is 36.7 Å². The second kappa shape index (κ2) is 9.91. The van der Waals surface area contributed by atoms with Crippen LogP contribution in [-0.4, -0.2) is 41.5 Å². The molecule has 8 nitrogen and oxygen atoms in total. The van der Waals surface area contributed by atoms with Gasteiger partial charge >= 0.3 is 6.03 Å². The third-order valence-corrected chi connectivity index (χ3v) is 5.61. The lowest BCUT2D eigenvalue weighted by atomic mass is 10.1. The summed E-state index contributed by atoms with van der Waals surface area (Å²) in [7, 11) is 5.02. The molecule has 0 radical (unpaired) electrons. The summed E-state index contributed by atoms with van der Waals surface area (Å²) in [5.41, 5.74) is 4.21. The van der Waals surface area contributed by atoms with Crippen LogP contribution in [-0.2, 0) is 38.0 Å². The Bertz CT molecular complexity index is 1130. The SMILES string of the molecule is COc1cc(NC(=O)N2CCc3c(c(COCc4cccc(F)c4)nn3C)C2)cc(OC)c1. The summed E-state index contributed by atoms with van der Waals surface area (Å²) in [6, 6.07) is 11.3. The number of anilines is 1. The fraction of sp³-hybridized carbons (Fsp3) is 0.333. The third-order valence-electron chi connectivity index (χ3n) is 5.61. The number of ether oxygens (including phenoxy) is 3. The van der Waals surface area contributed by atoms with E-state index >= 15 is 0 Å². The van der Waals surface area contributed by atoms with Gasteiger partial charge in [0.15, 0.2) is 0 Å². The van der Waals surface area contributed by atoms with Gasteiger partial charge in [-0.2, -0.15) is 5.10 Å². The zero-order chi connectivity index (χ0) is 23.4. The van der Waals surface area contributed by atoms with Crippen molar-refractivity contribution in [2.24, 2.45) is 7.05 Å². The van der Waals surface area contributed by atoms with E-state index in [1.807, 2.05) is 17.8 Å². The first-order valence-corrected chi connectivity index (χ1v) is 10.6. The first-order chi connectivity index (χ1) is 16.0. The van der Waals surface area contributed by atoms with Crippen LogP contribution < -0.4 is 14.8 Å². The maximum absolute atomic E-state index is 13.4. The Morgan fingerprint density at radius 2 is 1.88 bits per heavy atom. The van der Waals surface area contributed by atoms with Crippen LogP contribution >= 0.6 is 0 Å². The average Bonchev–Trinajstić information content (AvgIpc) is 3.13. The number of hydrogen-bond acceptors (Lipinski definition) is 5. The molecule has 9 heteroatoms. The Labute approximate surface area is 191 Å². The molecule has 2 aromatic carbocycles. The molecule has 0 bridgehead atoms. The normalized spacial score (nSPS) is 12.9. The smallest absolute Gasteiger partial charge is 0.322 e. The Kier molecular flexibility index (Phi) is 6.79. The van der Waals surface area contributed by atoms with Crippen LogP contribution in [0.4, 0.5) is 14.9 Å². The summed E-state index contributed by atoms with van der Waals surface area (Å²) in [5.74, 6) is 0.896. The quantitative estimate of drug-likeness (QED) is 0.586. The van der Waals surface area contributed by atoms with Crippen molar-refractivity contribution in [3.8, 4) is 11.5 Å². The molecule has 1 aromatic heterocycles. The molecule has 4 rings (SSSR count). The average molecular weight is 455 g/mol. The number of methoxy groups -OCH3 is 2. The molecule has 33 heavy (non-hydrogen) atoms. The summed E-state index contributed by atoms with van der Waals surface area (Å²) in [6.07, 6.45) is 0.692. The van der Waals surface area contributed by atoms with Crippen molar-refractivity contribution in [3.05, 3.63) is 70.8 Å². The maximum Gasteiger partial charge on any atom is 0.322 e. The van der Waals surface area contributed by atoms with E-state index in [9.17, 15) is 9.18 Å². The minimum absolute atomic E-state index is 0.216. The third kappa shape index (κ3) is 5.25. The number of carbonyl (C=O) groups is 1. The molecule has 2 amide bonds. The molecule has 1 aliphatic rings. The predicted molar refractivity (Wildman–Crippen MR) is 121 cm³/mol. The van der Waals surface area contributed by atoms with Gasteiger partial charge in [-0.15, -0.1) is 0 Å². The minimum atomic E-state index is -0.290. The number of amides is 2. The van der Waals surface area contributed by atoms with Crippen LogP contribution in [0.25, 0.3) is 0 Å². The van der Waals surface area contributed by atoms with Gasteiger partial charge in [0.25, 0.3) is 0 Å². The van der Waals surface area contributed by atoms with Gasteiger partial charge in [0.1, 0.15) is 17.3 Å². The molecular formula is C24H27FN4O4. The highest BCUT2D eigenvalue weighted by Crippen LogP contribution is 2.27. The fourth-order valence-electron chi connectivity index (χ4n) is 3.93. The number of aryl methyl sites for hydroxylation is 1. The number of hydrogen-bond donors (Lipinski definition) is 1. The minimum Gasteiger partial charge on any atom is -0.497 e. The Balaban J connectivity index is 1.42. The van der Waals surface area contributed by atoms with Crippen LogP contribution in [0.3, 0.4) is 0 Å². The summed E-state index contributed by atoms with van der Waals surface area (Å²) in [6.45, 7) is 1.56. The molecule has 0 atom stereocenters. The van der Waals surface area contributed by atoms with E-state index < -0.39 is 0 Å². The number of rotatable bonds is 7. The second-order valence-corrected chi connectivity index (χ2v) is 7.82. The van der Waals surface area contributed by atoms with Gasteiger partial charge in [0.05, 0.1) is 39.7 Å². The van der Waals surface area contributed by atoms with Gasteiger partial charge in [-0.3, -0.25) is 4.68 Å². The van der Waals surface area contributed by atoms with Crippen molar-refractivity contribution in [1.29, 1.82) is 0 Å². The van der Waals surface area contributed by atoms with E-state index in [1.54, 1.807) is 43.4 Å². The Morgan fingerprint density at radius 3 is 2.58 bits per heavy atom. The predicted octanol–water partition coefficient (Wildman–Crippen LogP) is 3.88. The van der Waals surface area contributed by atoms with Crippen LogP contribution in [0.5, 0.6) is 11.5 Å². The van der Waals surface area contributed by atoms with Crippen LogP contribution in [0, 0.1) is 5.82 Å². The van der Waals surface area contributed by atoms with Crippen molar-refractivity contribution in [3.63, 3.8) is 0 Å². The highest BCUT2D eigenvalue weighted by Gasteiger charge is 2.27. The maximum atomic E-state index is 13.4. The molecule has 0 saturated heterocycles. The molecular weight excluding hydrogens is 427 g/mol. The molecule has 0 saturated carbocycles. The first-order valence-electron chi connectivity index (χ1n) is 10.6. The van der Waals surface area contributed by atoms with Crippen LogP contribution in [0.15, 0.2) is 42.5 Å². The summed E-state index contributed by atoms with van der Waals surface area (Å²) in [4.78, 5) is 14.7. The van der Waals surface area contributed by atoms with Crippen molar-refractivity contribution in [2.75, 3.05) is 26.1 Å². The molecule has 174 valence electrons. The Morgan fingerprint density at radius 1 is 1.12 bits per heavy atom. The molecule has 1 N–H and O–H groups in total. The zero-order valence-corrected chi connectivity index (χ0v) is 18.9. The lowest BCUT2D eigenvalue weighted by Crippen LogP contribution is -2.39. The van der Waals surface area contributed by atoms with E-state index in [-0.39, 0.29) is 25.1 Å². The van der Waals surface area contributed by atoms with Crippen molar-refractivity contribution < 1.29 is 23.4 Å². The first kappa shape index (κ1) is 22.6. The monoisotopic (exact) mass is 454 g/mol. The van der Waals surface area contributed by atoms with E-state index in [1.165, 1.54) is 12.1 Å². The summed E-state index contributed by atoms with van der Waals surface area (Å²) < 4.78 is 31.6.